The highest BCUT2D eigenvalue weighted by Gasteiger charge is 2.25. The van der Waals surface area contributed by atoms with Crippen LogP contribution in [0.4, 0.5) is 0 Å². The van der Waals surface area contributed by atoms with E-state index < -0.39 is 0 Å². The largest absolute Gasteiger partial charge is 0.377 e. The molecule has 1 amide bonds. The van der Waals surface area contributed by atoms with Crippen molar-refractivity contribution >= 4 is 5.91 Å². The first-order valence-electron chi connectivity index (χ1n) is 8.51. The van der Waals surface area contributed by atoms with Crippen molar-refractivity contribution in [2.24, 2.45) is 5.92 Å². The van der Waals surface area contributed by atoms with Crippen LogP contribution in [0.5, 0.6) is 0 Å². The van der Waals surface area contributed by atoms with E-state index in [1.807, 2.05) is 36.4 Å². The predicted molar refractivity (Wildman–Crippen MR) is 94.8 cm³/mol. The number of ether oxygens (including phenoxy) is 1. The number of hydrogen-bond donors (Lipinski definition) is 2. The average molecular weight is 324 g/mol. The SMILES string of the molecule is O=C(NCC1COC(CNCc2ccccc2)C1)c1ccccc1. The minimum absolute atomic E-state index is 0.0127. The van der Waals surface area contributed by atoms with Gasteiger partial charge in [-0.15, -0.1) is 0 Å². The smallest absolute Gasteiger partial charge is 0.251 e. The Morgan fingerprint density at radius 2 is 1.71 bits per heavy atom. The molecular formula is C20H24N2O2. The van der Waals surface area contributed by atoms with Crippen molar-refractivity contribution in [3.8, 4) is 0 Å². The van der Waals surface area contributed by atoms with Gasteiger partial charge in [-0.1, -0.05) is 48.5 Å². The molecule has 24 heavy (non-hydrogen) atoms. The monoisotopic (exact) mass is 324 g/mol. The van der Waals surface area contributed by atoms with Crippen molar-refractivity contribution in [1.29, 1.82) is 0 Å². The first-order valence-corrected chi connectivity index (χ1v) is 8.51. The van der Waals surface area contributed by atoms with E-state index in [4.69, 9.17) is 4.74 Å². The van der Waals surface area contributed by atoms with Crippen molar-refractivity contribution in [3.63, 3.8) is 0 Å². The molecule has 2 unspecified atom stereocenters. The van der Waals surface area contributed by atoms with E-state index in [2.05, 4.69) is 34.9 Å². The molecule has 4 heteroatoms. The second-order valence-electron chi connectivity index (χ2n) is 6.25. The molecule has 0 saturated carbocycles. The second kappa shape index (κ2) is 8.62. The maximum atomic E-state index is 12.0. The Morgan fingerprint density at radius 1 is 1.00 bits per heavy atom. The van der Waals surface area contributed by atoms with Crippen LogP contribution in [0.3, 0.4) is 0 Å². The third kappa shape index (κ3) is 4.91. The molecule has 0 aliphatic carbocycles. The summed E-state index contributed by atoms with van der Waals surface area (Å²) in [5.74, 6) is 0.377. The molecule has 2 atom stereocenters. The molecule has 0 aromatic heterocycles. The lowest BCUT2D eigenvalue weighted by Crippen LogP contribution is -2.30. The minimum atomic E-state index is -0.0127. The number of hydrogen-bond acceptors (Lipinski definition) is 3. The van der Waals surface area contributed by atoms with Gasteiger partial charge in [-0.2, -0.15) is 0 Å². The van der Waals surface area contributed by atoms with Crippen molar-refractivity contribution in [1.82, 2.24) is 10.6 Å². The molecule has 2 N–H and O–H groups in total. The summed E-state index contributed by atoms with van der Waals surface area (Å²) in [5.41, 5.74) is 1.99. The van der Waals surface area contributed by atoms with Gasteiger partial charge in [0.25, 0.3) is 5.91 Å². The minimum Gasteiger partial charge on any atom is -0.377 e. The van der Waals surface area contributed by atoms with E-state index in [0.717, 1.165) is 19.5 Å². The molecule has 0 bridgehead atoms. The van der Waals surface area contributed by atoms with Crippen molar-refractivity contribution in [2.75, 3.05) is 19.7 Å². The number of nitrogens with one attached hydrogen (secondary N) is 2. The van der Waals surface area contributed by atoms with Gasteiger partial charge in [0, 0.05) is 31.1 Å². The summed E-state index contributed by atoms with van der Waals surface area (Å²) < 4.78 is 5.83. The summed E-state index contributed by atoms with van der Waals surface area (Å²) in [6.07, 6.45) is 1.21. The maximum absolute atomic E-state index is 12.0. The second-order valence-corrected chi connectivity index (χ2v) is 6.25. The molecule has 1 aliphatic heterocycles. The molecule has 0 spiro atoms. The van der Waals surface area contributed by atoms with Crippen LogP contribution in [0.2, 0.25) is 0 Å². The molecule has 1 aliphatic rings. The first-order chi connectivity index (χ1) is 11.8. The van der Waals surface area contributed by atoms with Gasteiger partial charge < -0.3 is 15.4 Å². The highest BCUT2D eigenvalue weighted by atomic mass is 16.5. The zero-order valence-electron chi connectivity index (χ0n) is 13.8. The zero-order chi connectivity index (χ0) is 16.6. The Hall–Kier alpha value is -2.17. The van der Waals surface area contributed by atoms with Crippen LogP contribution < -0.4 is 10.6 Å². The van der Waals surface area contributed by atoms with Gasteiger partial charge >= 0.3 is 0 Å². The summed E-state index contributed by atoms with van der Waals surface area (Å²) in [4.78, 5) is 12.0. The van der Waals surface area contributed by atoms with Crippen molar-refractivity contribution in [2.45, 2.75) is 19.1 Å². The Bertz CT molecular complexity index is 631. The van der Waals surface area contributed by atoms with Gasteiger partial charge in [0.2, 0.25) is 0 Å². The van der Waals surface area contributed by atoms with Crippen LogP contribution >= 0.6 is 0 Å². The van der Waals surface area contributed by atoms with Gasteiger partial charge in [-0.25, -0.2) is 0 Å². The molecule has 1 heterocycles. The van der Waals surface area contributed by atoms with E-state index in [0.29, 0.717) is 24.6 Å². The number of benzene rings is 2. The molecule has 0 radical (unpaired) electrons. The topological polar surface area (TPSA) is 50.4 Å². The van der Waals surface area contributed by atoms with Crippen molar-refractivity contribution in [3.05, 3.63) is 71.8 Å². The van der Waals surface area contributed by atoms with Crippen LogP contribution in [0.25, 0.3) is 0 Å². The molecule has 2 aromatic rings. The van der Waals surface area contributed by atoms with E-state index >= 15 is 0 Å². The number of amides is 1. The van der Waals surface area contributed by atoms with E-state index in [1.54, 1.807) is 0 Å². The third-order valence-corrected chi connectivity index (χ3v) is 4.30. The molecule has 1 saturated heterocycles. The normalized spacial score (nSPS) is 20.0. The van der Waals surface area contributed by atoms with E-state index in [-0.39, 0.29) is 12.0 Å². The Balaban J connectivity index is 1.34. The number of carbonyl (C=O) groups is 1. The summed E-state index contributed by atoms with van der Waals surface area (Å²) in [6.45, 7) is 3.09. The lowest BCUT2D eigenvalue weighted by molar-refractivity contribution is 0.0936. The van der Waals surface area contributed by atoms with Crippen LogP contribution in [0.15, 0.2) is 60.7 Å². The zero-order valence-corrected chi connectivity index (χ0v) is 13.8. The summed E-state index contributed by atoms with van der Waals surface area (Å²) >= 11 is 0. The Labute approximate surface area is 143 Å². The number of rotatable bonds is 7. The van der Waals surface area contributed by atoms with Crippen LogP contribution in [0.1, 0.15) is 22.3 Å². The lowest BCUT2D eigenvalue weighted by atomic mass is 10.1. The highest BCUT2D eigenvalue weighted by Crippen LogP contribution is 2.18. The lowest BCUT2D eigenvalue weighted by Gasteiger charge is -2.12. The van der Waals surface area contributed by atoms with E-state index in [9.17, 15) is 4.79 Å². The van der Waals surface area contributed by atoms with Crippen LogP contribution in [-0.4, -0.2) is 31.7 Å². The molecule has 1 fully saturated rings. The maximum Gasteiger partial charge on any atom is 0.251 e. The third-order valence-electron chi connectivity index (χ3n) is 4.30. The fourth-order valence-electron chi connectivity index (χ4n) is 2.97. The summed E-state index contributed by atoms with van der Waals surface area (Å²) in [6, 6.07) is 19.7. The fourth-order valence-corrected chi connectivity index (χ4v) is 2.97. The summed E-state index contributed by atoms with van der Waals surface area (Å²) in [5, 5.41) is 6.45. The Morgan fingerprint density at radius 3 is 2.46 bits per heavy atom. The van der Waals surface area contributed by atoms with Gasteiger partial charge in [0.15, 0.2) is 0 Å². The van der Waals surface area contributed by atoms with Crippen molar-refractivity contribution < 1.29 is 9.53 Å². The van der Waals surface area contributed by atoms with Crippen LogP contribution in [0, 0.1) is 5.92 Å². The van der Waals surface area contributed by atoms with Gasteiger partial charge in [0.1, 0.15) is 0 Å². The number of carbonyl (C=O) groups excluding carboxylic acids is 1. The molecule has 126 valence electrons. The first kappa shape index (κ1) is 16.7. The molecular weight excluding hydrogens is 300 g/mol. The van der Waals surface area contributed by atoms with Crippen LogP contribution in [-0.2, 0) is 11.3 Å². The van der Waals surface area contributed by atoms with Gasteiger partial charge in [-0.05, 0) is 24.1 Å². The Kier molecular flexibility index (Phi) is 5.99. The van der Waals surface area contributed by atoms with Gasteiger partial charge in [-0.3, -0.25) is 4.79 Å². The molecule has 2 aromatic carbocycles. The standard InChI is InChI=1S/C20H24N2O2/c23-20(18-9-5-2-6-10-18)22-13-17-11-19(24-15-17)14-21-12-16-7-3-1-4-8-16/h1-10,17,19,21H,11-15H2,(H,22,23). The fraction of sp³-hybridized carbons (Fsp3) is 0.350. The molecule has 3 rings (SSSR count). The predicted octanol–water partition coefficient (Wildman–Crippen LogP) is 2.61. The highest BCUT2D eigenvalue weighted by molar-refractivity contribution is 5.94. The van der Waals surface area contributed by atoms with Gasteiger partial charge in [0.05, 0.1) is 12.7 Å². The average Bonchev–Trinajstić information content (AvgIpc) is 3.09. The molecule has 4 nitrogen and oxygen atoms in total. The van der Waals surface area contributed by atoms with E-state index in [1.165, 1.54) is 5.56 Å². The summed E-state index contributed by atoms with van der Waals surface area (Å²) in [7, 11) is 0. The quantitative estimate of drug-likeness (QED) is 0.823.